The van der Waals surface area contributed by atoms with Gasteiger partial charge >= 0.3 is 0 Å². The van der Waals surface area contributed by atoms with Crippen molar-refractivity contribution in [1.29, 1.82) is 5.26 Å². The molecule has 0 saturated carbocycles. The van der Waals surface area contributed by atoms with Gasteiger partial charge in [-0.2, -0.15) is 9.57 Å². The summed E-state index contributed by atoms with van der Waals surface area (Å²) in [5, 5.41) is 9.21. The van der Waals surface area contributed by atoms with Crippen LogP contribution >= 0.6 is 0 Å². The van der Waals surface area contributed by atoms with E-state index < -0.39 is 10.0 Å². The number of hydrogen-bond acceptors (Lipinski definition) is 6. The van der Waals surface area contributed by atoms with Crippen LogP contribution < -0.4 is 0 Å². The van der Waals surface area contributed by atoms with E-state index in [9.17, 15) is 13.7 Å². The Hall–Kier alpha value is -2.99. The topological polar surface area (TPSA) is 90.4 Å². The molecular weight excluding hydrogens is 388 g/mol. The highest BCUT2D eigenvalue weighted by molar-refractivity contribution is 7.89. The molecule has 1 aliphatic heterocycles. The van der Waals surface area contributed by atoms with Crippen LogP contribution in [0.1, 0.15) is 11.5 Å². The highest BCUT2D eigenvalue weighted by atomic mass is 32.2. The molecule has 0 atom stereocenters. The molecule has 0 aliphatic carbocycles. The largest absolute Gasteiger partial charge is 0.439 e. The lowest BCUT2D eigenvalue weighted by molar-refractivity contribution is 0.168. The third-order valence-corrected chi connectivity index (χ3v) is 6.88. The first-order valence-electron chi connectivity index (χ1n) is 9.30. The molecule has 0 N–H and O–H groups in total. The van der Waals surface area contributed by atoms with Crippen LogP contribution in [-0.2, 0) is 16.6 Å². The number of piperazine rings is 1. The van der Waals surface area contributed by atoms with E-state index in [1.165, 1.54) is 16.4 Å². The molecule has 29 heavy (non-hydrogen) atoms. The van der Waals surface area contributed by atoms with Gasteiger partial charge in [0.05, 0.1) is 23.2 Å². The number of nitrogens with zero attached hydrogens (tertiary/aromatic N) is 4. The fraction of sp³-hybridized carbons (Fsp3) is 0.238. The highest BCUT2D eigenvalue weighted by Gasteiger charge is 2.30. The van der Waals surface area contributed by atoms with Crippen LogP contribution in [0.25, 0.3) is 11.3 Å². The molecule has 1 aliphatic rings. The summed E-state index contributed by atoms with van der Waals surface area (Å²) in [4.78, 5) is 6.53. The van der Waals surface area contributed by atoms with Crippen LogP contribution in [0.15, 0.2) is 70.1 Å². The molecule has 7 nitrogen and oxygen atoms in total. The first kappa shape index (κ1) is 19.3. The molecule has 2 aromatic carbocycles. The summed E-state index contributed by atoms with van der Waals surface area (Å²) in [5.74, 6) is 1.32. The van der Waals surface area contributed by atoms with Gasteiger partial charge in [-0.3, -0.25) is 4.90 Å². The lowest BCUT2D eigenvalue weighted by Gasteiger charge is -2.33. The maximum atomic E-state index is 12.9. The second-order valence-electron chi connectivity index (χ2n) is 6.77. The van der Waals surface area contributed by atoms with Crippen LogP contribution in [-0.4, -0.2) is 48.8 Å². The Balaban J connectivity index is 1.40. The molecule has 1 fully saturated rings. The maximum absolute atomic E-state index is 12.9. The van der Waals surface area contributed by atoms with Gasteiger partial charge in [0.25, 0.3) is 0 Å². The second-order valence-corrected chi connectivity index (χ2v) is 8.68. The Morgan fingerprint density at radius 1 is 1.00 bits per heavy atom. The van der Waals surface area contributed by atoms with Crippen LogP contribution in [0.3, 0.4) is 0 Å². The Morgan fingerprint density at radius 2 is 1.69 bits per heavy atom. The Morgan fingerprint density at radius 3 is 2.41 bits per heavy atom. The summed E-state index contributed by atoms with van der Waals surface area (Å²) < 4.78 is 33.1. The van der Waals surface area contributed by atoms with E-state index in [0.717, 1.165) is 11.3 Å². The summed E-state index contributed by atoms with van der Waals surface area (Å²) in [6.45, 7) is 2.37. The first-order chi connectivity index (χ1) is 14.1. The van der Waals surface area contributed by atoms with Gasteiger partial charge in [0.2, 0.25) is 15.9 Å². The summed E-state index contributed by atoms with van der Waals surface area (Å²) in [6.07, 6.45) is 1.71. The van der Waals surface area contributed by atoms with E-state index in [-0.39, 0.29) is 10.5 Å². The number of sulfonamides is 1. The maximum Gasteiger partial charge on any atom is 0.244 e. The second kappa shape index (κ2) is 8.17. The van der Waals surface area contributed by atoms with Gasteiger partial charge < -0.3 is 4.42 Å². The summed E-state index contributed by atoms with van der Waals surface area (Å²) in [5.41, 5.74) is 1.14. The Labute approximate surface area is 169 Å². The van der Waals surface area contributed by atoms with Gasteiger partial charge in [0, 0.05) is 31.7 Å². The minimum Gasteiger partial charge on any atom is -0.439 e. The van der Waals surface area contributed by atoms with Crippen LogP contribution in [0.2, 0.25) is 0 Å². The highest BCUT2D eigenvalue weighted by Crippen LogP contribution is 2.23. The van der Waals surface area contributed by atoms with Gasteiger partial charge in [0.1, 0.15) is 6.07 Å². The van der Waals surface area contributed by atoms with E-state index in [2.05, 4.69) is 9.88 Å². The standard InChI is InChI=1S/C21H20N4O3S/c22-14-18-8-4-5-9-20(18)29(26,27)25-12-10-24(11-13-25)16-21-23-15-19(28-21)17-6-2-1-3-7-17/h1-9,15H,10-13,16H2. The molecule has 148 valence electrons. The van der Waals surface area contributed by atoms with E-state index in [0.29, 0.717) is 38.6 Å². The zero-order valence-electron chi connectivity index (χ0n) is 15.7. The first-order valence-corrected chi connectivity index (χ1v) is 10.7. The molecule has 3 aromatic rings. The average molecular weight is 408 g/mol. The molecule has 2 heterocycles. The normalized spacial score (nSPS) is 15.8. The predicted molar refractivity (Wildman–Crippen MR) is 107 cm³/mol. The molecule has 0 amide bonds. The van der Waals surface area contributed by atoms with Gasteiger partial charge in [0.15, 0.2) is 5.76 Å². The Kier molecular flexibility index (Phi) is 5.45. The number of rotatable bonds is 5. The average Bonchev–Trinajstić information content (AvgIpc) is 3.23. The van der Waals surface area contributed by atoms with Crippen molar-refractivity contribution >= 4 is 10.0 Å². The zero-order chi connectivity index (χ0) is 20.3. The van der Waals surface area contributed by atoms with Crippen molar-refractivity contribution in [3.8, 4) is 17.4 Å². The molecule has 1 aromatic heterocycles. The third kappa shape index (κ3) is 4.07. The van der Waals surface area contributed by atoms with Crippen LogP contribution in [0.5, 0.6) is 0 Å². The molecule has 8 heteroatoms. The molecule has 1 saturated heterocycles. The van der Waals surface area contributed by atoms with Crippen molar-refractivity contribution in [3.05, 3.63) is 72.2 Å². The van der Waals surface area contributed by atoms with Gasteiger partial charge in [-0.05, 0) is 12.1 Å². The lowest BCUT2D eigenvalue weighted by atomic mass is 10.2. The number of oxazole rings is 1. The summed E-state index contributed by atoms with van der Waals surface area (Å²) in [7, 11) is -3.69. The number of aromatic nitrogens is 1. The molecule has 0 radical (unpaired) electrons. The molecule has 0 bridgehead atoms. The summed E-state index contributed by atoms with van der Waals surface area (Å²) in [6, 6.07) is 18.0. The van der Waals surface area contributed by atoms with Crippen molar-refractivity contribution in [3.63, 3.8) is 0 Å². The lowest BCUT2D eigenvalue weighted by Crippen LogP contribution is -2.48. The van der Waals surface area contributed by atoms with E-state index in [1.807, 2.05) is 36.4 Å². The fourth-order valence-electron chi connectivity index (χ4n) is 3.36. The van der Waals surface area contributed by atoms with Gasteiger partial charge in [-0.25, -0.2) is 13.4 Å². The van der Waals surface area contributed by atoms with Gasteiger partial charge in [-0.1, -0.05) is 42.5 Å². The van der Waals surface area contributed by atoms with Crippen molar-refractivity contribution in [1.82, 2.24) is 14.2 Å². The third-order valence-electron chi connectivity index (χ3n) is 4.93. The van der Waals surface area contributed by atoms with E-state index in [1.54, 1.807) is 18.3 Å². The number of benzene rings is 2. The van der Waals surface area contributed by atoms with Crippen molar-refractivity contribution < 1.29 is 12.8 Å². The minimum absolute atomic E-state index is 0.0659. The van der Waals surface area contributed by atoms with Crippen molar-refractivity contribution in [2.75, 3.05) is 26.2 Å². The van der Waals surface area contributed by atoms with Gasteiger partial charge in [-0.15, -0.1) is 0 Å². The smallest absolute Gasteiger partial charge is 0.244 e. The SMILES string of the molecule is N#Cc1ccccc1S(=O)(=O)N1CCN(Cc2ncc(-c3ccccc3)o2)CC1. The van der Waals surface area contributed by atoms with Crippen molar-refractivity contribution in [2.45, 2.75) is 11.4 Å². The summed E-state index contributed by atoms with van der Waals surface area (Å²) >= 11 is 0. The number of nitriles is 1. The quantitative estimate of drug-likeness (QED) is 0.645. The van der Waals surface area contributed by atoms with Crippen LogP contribution in [0, 0.1) is 11.3 Å². The Bertz CT molecular complexity index is 1130. The number of hydrogen-bond donors (Lipinski definition) is 0. The molecule has 0 unspecified atom stereocenters. The zero-order valence-corrected chi connectivity index (χ0v) is 16.5. The molecule has 0 spiro atoms. The van der Waals surface area contributed by atoms with Crippen LogP contribution in [0.4, 0.5) is 0 Å². The molecule has 4 rings (SSSR count). The monoisotopic (exact) mass is 408 g/mol. The molecular formula is C21H20N4O3S. The van der Waals surface area contributed by atoms with E-state index in [4.69, 9.17) is 4.42 Å². The minimum atomic E-state index is -3.69. The predicted octanol–water partition coefficient (Wildman–Crippen LogP) is 2.72. The van der Waals surface area contributed by atoms with E-state index >= 15 is 0 Å². The van der Waals surface area contributed by atoms with Crippen molar-refractivity contribution in [2.24, 2.45) is 0 Å². The fourth-order valence-corrected chi connectivity index (χ4v) is 4.93.